The van der Waals surface area contributed by atoms with Crippen molar-refractivity contribution in [2.75, 3.05) is 6.61 Å². The molecule has 172 valence electrons. The number of rotatable bonds is 7. The summed E-state index contributed by atoms with van der Waals surface area (Å²) in [6, 6.07) is 2.24. The van der Waals surface area contributed by atoms with Crippen LogP contribution in [0.3, 0.4) is 0 Å². The van der Waals surface area contributed by atoms with Crippen LogP contribution in [-0.4, -0.2) is 39.5 Å². The Kier molecular flexibility index (Phi) is 6.59. The lowest BCUT2D eigenvalue weighted by molar-refractivity contribution is -0.154. The van der Waals surface area contributed by atoms with Crippen LogP contribution < -0.4 is 15.8 Å². The number of ether oxygens (including phenoxy) is 1. The summed E-state index contributed by atoms with van der Waals surface area (Å²) in [7, 11) is 0. The highest BCUT2D eigenvalue weighted by Crippen LogP contribution is 2.42. The van der Waals surface area contributed by atoms with E-state index in [1.165, 1.54) is 18.3 Å². The SMILES string of the molecule is Cc1cc(C(=O)NC(C)c2cnc(OCC(F)(F)F)c(Cl)c2)nc(C2(C(N)=O)CCC2)n1. The van der Waals surface area contributed by atoms with E-state index in [-0.39, 0.29) is 22.4 Å². The molecule has 3 rings (SSSR count). The van der Waals surface area contributed by atoms with Gasteiger partial charge in [0.25, 0.3) is 5.91 Å². The number of aromatic nitrogens is 3. The number of nitrogens with one attached hydrogen (secondary N) is 1. The second-order valence-electron chi connectivity index (χ2n) is 7.67. The first kappa shape index (κ1) is 23.7. The lowest BCUT2D eigenvalue weighted by atomic mass is 9.67. The molecular weight excluding hydrogens is 451 g/mol. The van der Waals surface area contributed by atoms with Crippen LogP contribution in [0.4, 0.5) is 13.2 Å². The van der Waals surface area contributed by atoms with Crippen molar-refractivity contribution in [3.05, 3.63) is 46.1 Å². The number of hydrogen-bond donors (Lipinski definition) is 2. The number of nitrogens with two attached hydrogens (primary N) is 1. The molecule has 0 bridgehead atoms. The molecule has 1 unspecified atom stereocenters. The van der Waals surface area contributed by atoms with Gasteiger partial charge >= 0.3 is 6.18 Å². The third kappa shape index (κ3) is 5.09. The summed E-state index contributed by atoms with van der Waals surface area (Å²) in [4.78, 5) is 37.1. The zero-order valence-corrected chi connectivity index (χ0v) is 18.0. The molecule has 1 saturated carbocycles. The molecule has 2 aromatic heterocycles. The Bertz CT molecular complexity index is 1040. The summed E-state index contributed by atoms with van der Waals surface area (Å²) in [6.45, 7) is 1.81. The summed E-state index contributed by atoms with van der Waals surface area (Å²) in [6.07, 6.45) is -1.40. The highest BCUT2D eigenvalue weighted by molar-refractivity contribution is 6.31. The number of halogens is 4. The van der Waals surface area contributed by atoms with Gasteiger partial charge in [-0.15, -0.1) is 0 Å². The van der Waals surface area contributed by atoms with Crippen LogP contribution in [0.15, 0.2) is 18.3 Å². The number of nitrogens with zero attached hydrogens (tertiary/aromatic N) is 3. The molecule has 0 radical (unpaired) electrons. The van der Waals surface area contributed by atoms with Crippen LogP contribution in [0.25, 0.3) is 0 Å². The number of alkyl halides is 3. The quantitative estimate of drug-likeness (QED) is 0.640. The molecule has 0 aliphatic heterocycles. The van der Waals surface area contributed by atoms with E-state index in [2.05, 4.69) is 25.0 Å². The molecule has 2 amide bonds. The van der Waals surface area contributed by atoms with Gasteiger partial charge in [-0.3, -0.25) is 9.59 Å². The third-order valence-corrected chi connectivity index (χ3v) is 5.51. The van der Waals surface area contributed by atoms with E-state index in [1.807, 2.05) is 0 Å². The molecule has 12 heteroatoms. The first-order valence-electron chi connectivity index (χ1n) is 9.73. The molecule has 3 N–H and O–H groups in total. The van der Waals surface area contributed by atoms with Crippen LogP contribution in [0, 0.1) is 6.92 Å². The van der Waals surface area contributed by atoms with E-state index in [1.54, 1.807) is 13.8 Å². The summed E-state index contributed by atoms with van der Waals surface area (Å²) in [5.41, 5.74) is 5.62. The lowest BCUT2D eigenvalue weighted by Crippen LogP contribution is -2.48. The van der Waals surface area contributed by atoms with Crippen molar-refractivity contribution in [2.45, 2.75) is 50.7 Å². The van der Waals surface area contributed by atoms with Crippen molar-refractivity contribution in [2.24, 2.45) is 5.73 Å². The molecule has 0 aromatic carbocycles. The van der Waals surface area contributed by atoms with E-state index in [0.29, 0.717) is 24.1 Å². The Balaban J connectivity index is 1.75. The smallest absolute Gasteiger partial charge is 0.422 e. The van der Waals surface area contributed by atoms with Crippen molar-refractivity contribution < 1.29 is 27.5 Å². The number of hydrogen-bond acceptors (Lipinski definition) is 6. The maximum atomic E-state index is 12.8. The maximum Gasteiger partial charge on any atom is 0.422 e. The van der Waals surface area contributed by atoms with Gasteiger partial charge in [0, 0.05) is 11.9 Å². The molecule has 1 aliphatic carbocycles. The van der Waals surface area contributed by atoms with Gasteiger partial charge in [-0.1, -0.05) is 18.0 Å². The van der Waals surface area contributed by atoms with Gasteiger partial charge < -0.3 is 15.8 Å². The van der Waals surface area contributed by atoms with Gasteiger partial charge in [0.05, 0.1) is 6.04 Å². The Morgan fingerprint density at radius 2 is 2.00 bits per heavy atom. The van der Waals surface area contributed by atoms with Crippen LogP contribution in [0.5, 0.6) is 5.88 Å². The van der Waals surface area contributed by atoms with E-state index in [4.69, 9.17) is 17.3 Å². The summed E-state index contributed by atoms with van der Waals surface area (Å²) < 4.78 is 41.5. The van der Waals surface area contributed by atoms with Gasteiger partial charge in [0.2, 0.25) is 11.8 Å². The van der Waals surface area contributed by atoms with E-state index >= 15 is 0 Å². The van der Waals surface area contributed by atoms with E-state index < -0.39 is 36.1 Å². The second kappa shape index (κ2) is 8.89. The van der Waals surface area contributed by atoms with Crippen molar-refractivity contribution in [1.29, 1.82) is 0 Å². The fraction of sp³-hybridized carbons (Fsp3) is 0.450. The number of aryl methyl sites for hydroxylation is 1. The highest BCUT2D eigenvalue weighted by Gasteiger charge is 2.47. The molecule has 1 atom stereocenters. The molecule has 2 aromatic rings. The topological polar surface area (TPSA) is 120 Å². The fourth-order valence-corrected chi connectivity index (χ4v) is 3.53. The van der Waals surface area contributed by atoms with E-state index in [9.17, 15) is 22.8 Å². The Morgan fingerprint density at radius 1 is 1.31 bits per heavy atom. The zero-order chi connectivity index (χ0) is 23.7. The average molecular weight is 472 g/mol. The van der Waals surface area contributed by atoms with Crippen molar-refractivity contribution >= 4 is 23.4 Å². The molecule has 0 spiro atoms. The van der Waals surface area contributed by atoms with Crippen molar-refractivity contribution in [3.63, 3.8) is 0 Å². The normalized spacial score (nSPS) is 16.1. The average Bonchev–Trinajstić information content (AvgIpc) is 2.64. The first-order valence-corrected chi connectivity index (χ1v) is 10.1. The molecule has 0 saturated heterocycles. The molecule has 32 heavy (non-hydrogen) atoms. The van der Waals surface area contributed by atoms with Gasteiger partial charge in [-0.25, -0.2) is 15.0 Å². The Hall–Kier alpha value is -2.95. The third-order valence-electron chi connectivity index (χ3n) is 5.24. The van der Waals surface area contributed by atoms with Gasteiger partial charge in [-0.2, -0.15) is 13.2 Å². The minimum Gasteiger partial charge on any atom is -0.467 e. The van der Waals surface area contributed by atoms with Crippen LogP contribution in [-0.2, 0) is 10.2 Å². The predicted octanol–water partition coefficient (Wildman–Crippen LogP) is 3.17. The number of carbonyl (C=O) groups excluding carboxylic acids is 2. The molecule has 8 nitrogen and oxygen atoms in total. The number of amides is 2. The molecule has 1 fully saturated rings. The monoisotopic (exact) mass is 471 g/mol. The second-order valence-corrected chi connectivity index (χ2v) is 8.08. The standard InChI is InChI=1S/C20H21ClF3N5O3/c1-10-6-14(29-18(27-10)19(17(25)31)4-3-5-19)15(30)28-11(2)12-7-13(21)16(26-8-12)32-9-20(22,23)24/h6-8,11H,3-5,9H2,1-2H3,(H2,25,31)(H,28,30). The zero-order valence-electron chi connectivity index (χ0n) is 17.3. The highest BCUT2D eigenvalue weighted by atomic mass is 35.5. The molecular formula is C20H21ClF3N5O3. The van der Waals surface area contributed by atoms with Crippen LogP contribution in [0.1, 0.15) is 59.8 Å². The van der Waals surface area contributed by atoms with Crippen molar-refractivity contribution in [1.82, 2.24) is 20.3 Å². The largest absolute Gasteiger partial charge is 0.467 e. The summed E-state index contributed by atoms with van der Waals surface area (Å²) in [5.74, 6) is -1.19. The minimum atomic E-state index is -4.52. The maximum absolute atomic E-state index is 12.8. The Labute approximate surface area is 186 Å². The van der Waals surface area contributed by atoms with Gasteiger partial charge in [0.1, 0.15) is 22.0 Å². The van der Waals surface area contributed by atoms with Crippen LogP contribution >= 0.6 is 11.6 Å². The fourth-order valence-electron chi connectivity index (χ4n) is 3.30. The molecule has 1 aliphatic rings. The summed E-state index contributed by atoms with van der Waals surface area (Å²) in [5, 5.41) is 2.60. The lowest BCUT2D eigenvalue weighted by Gasteiger charge is -2.37. The number of pyridine rings is 1. The van der Waals surface area contributed by atoms with Gasteiger partial charge in [-0.05, 0) is 44.4 Å². The number of primary amides is 1. The minimum absolute atomic E-state index is 0.0658. The van der Waals surface area contributed by atoms with Gasteiger partial charge in [0.15, 0.2) is 6.61 Å². The summed E-state index contributed by atoms with van der Waals surface area (Å²) >= 11 is 5.97. The van der Waals surface area contributed by atoms with E-state index in [0.717, 1.165) is 6.42 Å². The number of carbonyl (C=O) groups is 2. The first-order chi connectivity index (χ1) is 14.9. The predicted molar refractivity (Wildman–Crippen MR) is 108 cm³/mol. The Morgan fingerprint density at radius 3 is 2.53 bits per heavy atom. The molecule has 2 heterocycles. The van der Waals surface area contributed by atoms with Crippen LogP contribution in [0.2, 0.25) is 5.02 Å². The van der Waals surface area contributed by atoms with Crippen molar-refractivity contribution in [3.8, 4) is 5.88 Å².